The molecule has 1 N–H and O–H groups in total. The van der Waals surface area contributed by atoms with Gasteiger partial charge >= 0.3 is 6.03 Å². The number of oxazole rings is 1. The Morgan fingerprint density at radius 1 is 1.22 bits per heavy atom. The summed E-state index contributed by atoms with van der Waals surface area (Å²) in [6.07, 6.45) is 3.98. The van der Waals surface area contributed by atoms with Crippen LogP contribution in [-0.4, -0.2) is 21.8 Å². The molecule has 3 heterocycles. The van der Waals surface area contributed by atoms with Crippen molar-refractivity contribution in [3.63, 3.8) is 0 Å². The van der Waals surface area contributed by atoms with Gasteiger partial charge in [-0.25, -0.2) is 9.78 Å². The van der Waals surface area contributed by atoms with E-state index in [1.807, 2.05) is 41.8 Å². The average Bonchev–Trinajstić information content (AvgIpc) is 3.40. The molecule has 1 aliphatic carbocycles. The molecule has 3 amide bonds. The highest BCUT2D eigenvalue weighted by atomic mass is 32.1. The van der Waals surface area contributed by atoms with Crippen LogP contribution < -0.4 is 5.32 Å². The maximum atomic E-state index is 13.2. The Morgan fingerprint density at radius 3 is 2.93 bits per heavy atom. The number of benzene rings is 1. The number of rotatable bonds is 3. The van der Waals surface area contributed by atoms with Crippen molar-refractivity contribution in [2.75, 3.05) is 0 Å². The van der Waals surface area contributed by atoms with Crippen molar-refractivity contribution in [1.82, 2.24) is 15.2 Å². The van der Waals surface area contributed by atoms with Crippen LogP contribution in [0.4, 0.5) is 4.79 Å². The first-order chi connectivity index (χ1) is 13.2. The zero-order valence-electron chi connectivity index (χ0n) is 14.5. The molecule has 1 spiro atoms. The summed E-state index contributed by atoms with van der Waals surface area (Å²) in [5, 5.41) is 4.95. The van der Waals surface area contributed by atoms with Crippen molar-refractivity contribution in [3.05, 3.63) is 64.2 Å². The predicted octanol–water partition coefficient (Wildman–Crippen LogP) is 3.69. The number of imide groups is 1. The molecule has 0 radical (unpaired) electrons. The van der Waals surface area contributed by atoms with Crippen LogP contribution in [0.1, 0.15) is 29.0 Å². The van der Waals surface area contributed by atoms with E-state index in [4.69, 9.17) is 4.42 Å². The molecule has 1 unspecified atom stereocenters. The second kappa shape index (κ2) is 6.06. The van der Waals surface area contributed by atoms with E-state index in [2.05, 4.69) is 10.3 Å². The van der Waals surface area contributed by atoms with Gasteiger partial charge in [-0.1, -0.05) is 18.2 Å². The normalized spacial score (nSPS) is 21.6. The van der Waals surface area contributed by atoms with E-state index in [-0.39, 0.29) is 18.5 Å². The molecule has 6 nitrogen and oxygen atoms in total. The van der Waals surface area contributed by atoms with Crippen molar-refractivity contribution >= 4 is 23.3 Å². The number of aromatic nitrogens is 1. The lowest BCUT2D eigenvalue weighted by molar-refractivity contribution is -0.132. The van der Waals surface area contributed by atoms with Crippen LogP contribution in [0.5, 0.6) is 0 Å². The van der Waals surface area contributed by atoms with Crippen molar-refractivity contribution in [3.8, 4) is 11.5 Å². The Hall–Kier alpha value is -2.93. The highest BCUT2D eigenvalue weighted by Crippen LogP contribution is 2.42. The van der Waals surface area contributed by atoms with Crippen LogP contribution in [0.3, 0.4) is 0 Å². The lowest BCUT2D eigenvalue weighted by Crippen LogP contribution is -2.46. The minimum absolute atomic E-state index is 0.0994. The SMILES string of the molecule is O=C1NC2(CCCc3sccc32)C(=O)N1Cc1coc(-c2ccccc2)n1. The second-order valence-corrected chi connectivity index (χ2v) is 7.85. The van der Waals surface area contributed by atoms with E-state index in [0.717, 1.165) is 24.0 Å². The van der Waals surface area contributed by atoms with E-state index >= 15 is 0 Å². The number of thiophene rings is 1. The van der Waals surface area contributed by atoms with E-state index < -0.39 is 5.54 Å². The van der Waals surface area contributed by atoms with E-state index in [0.29, 0.717) is 18.0 Å². The molecule has 1 fully saturated rings. The van der Waals surface area contributed by atoms with Crippen molar-refractivity contribution in [2.45, 2.75) is 31.3 Å². The molecule has 5 rings (SSSR count). The second-order valence-electron chi connectivity index (χ2n) is 6.85. The first-order valence-electron chi connectivity index (χ1n) is 8.88. The molecule has 27 heavy (non-hydrogen) atoms. The highest BCUT2D eigenvalue weighted by Gasteiger charge is 2.54. The number of urea groups is 1. The summed E-state index contributed by atoms with van der Waals surface area (Å²) >= 11 is 1.65. The summed E-state index contributed by atoms with van der Waals surface area (Å²) < 4.78 is 5.53. The number of nitrogens with zero attached hydrogens (tertiary/aromatic N) is 2. The molecule has 2 aromatic heterocycles. The number of hydrogen-bond acceptors (Lipinski definition) is 5. The number of carbonyl (C=O) groups is 2. The number of nitrogens with one attached hydrogen (secondary N) is 1. The summed E-state index contributed by atoms with van der Waals surface area (Å²) in [7, 11) is 0. The summed E-state index contributed by atoms with van der Waals surface area (Å²) in [5.41, 5.74) is 1.43. The Kier molecular flexibility index (Phi) is 3.65. The van der Waals surface area contributed by atoms with Gasteiger partial charge in [-0.15, -0.1) is 11.3 Å². The molecule has 136 valence electrons. The largest absolute Gasteiger partial charge is 0.444 e. The molecule has 7 heteroatoms. The van der Waals surface area contributed by atoms with Gasteiger partial charge in [0, 0.05) is 16.0 Å². The van der Waals surface area contributed by atoms with Gasteiger partial charge in [0.2, 0.25) is 5.89 Å². The van der Waals surface area contributed by atoms with Gasteiger partial charge in [0.05, 0.1) is 12.2 Å². The Labute approximate surface area is 159 Å². The molecule has 1 saturated heterocycles. The van der Waals surface area contributed by atoms with Gasteiger partial charge in [0.1, 0.15) is 11.8 Å². The number of carbonyl (C=O) groups excluding carboxylic acids is 2. The highest BCUT2D eigenvalue weighted by molar-refractivity contribution is 7.10. The third kappa shape index (κ3) is 2.49. The molecule has 1 aromatic carbocycles. The lowest BCUT2D eigenvalue weighted by Gasteiger charge is -2.31. The minimum atomic E-state index is -0.920. The fraction of sp³-hybridized carbons (Fsp3) is 0.250. The first-order valence-corrected chi connectivity index (χ1v) is 9.76. The van der Waals surface area contributed by atoms with E-state index in [1.54, 1.807) is 11.3 Å². The third-order valence-corrected chi connectivity index (χ3v) is 6.21. The smallest absolute Gasteiger partial charge is 0.325 e. The Bertz CT molecular complexity index is 1030. The number of fused-ring (bicyclic) bond motifs is 2. The summed E-state index contributed by atoms with van der Waals surface area (Å²) in [5.74, 6) is 0.279. The van der Waals surface area contributed by atoms with Crippen LogP contribution in [0.25, 0.3) is 11.5 Å². The van der Waals surface area contributed by atoms with Gasteiger partial charge in [0.25, 0.3) is 5.91 Å². The van der Waals surface area contributed by atoms with Crippen LogP contribution in [0.15, 0.2) is 52.5 Å². The van der Waals surface area contributed by atoms with Crippen molar-refractivity contribution in [1.29, 1.82) is 0 Å². The maximum absolute atomic E-state index is 13.2. The number of hydrogen-bond donors (Lipinski definition) is 1. The molecule has 0 saturated carbocycles. The number of aryl methyl sites for hydroxylation is 1. The van der Waals surface area contributed by atoms with Gasteiger partial charge in [-0.2, -0.15) is 0 Å². The monoisotopic (exact) mass is 379 g/mol. The van der Waals surface area contributed by atoms with Crippen LogP contribution in [0, 0.1) is 0 Å². The Balaban J connectivity index is 1.42. The predicted molar refractivity (Wildman–Crippen MR) is 100.0 cm³/mol. The third-order valence-electron chi connectivity index (χ3n) is 5.23. The first kappa shape index (κ1) is 16.3. The topological polar surface area (TPSA) is 75.4 Å². The lowest BCUT2D eigenvalue weighted by atomic mass is 9.80. The molecule has 1 atom stereocenters. The quantitative estimate of drug-likeness (QED) is 0.704. The zero-order valence-corrected chi connectivity index (χ0v) is 15.3. The fourth-order valence-corrected chi connectivity index (χ4v) is 4.94. The van der Waals surface area contributed by atoms with E-state index in [1.165, 1.54) is 16.0 Å². The molecule has 2 aliphatic rings. The van der Waals surface area contributed by atoms with Crippen LogP contribution >= 0.6 is 11.3 Å². The van der Waals surface area contributed by atoms with Crippen molar-refractivity contribution in [2.24, 2.45) is 0 Å². The molecule has 0 bridgehead atoms. The fourth-order valence-electron chi connectivity index (χ4n) is 3.94. The van der Waals surface area contributed by atoms with Gasteiger partial charge in [-0.3, -0.25) is 9.69 Å². The van der Waals surface area contributed by atoms with Gasteiger partial charge in [0.15, 0.2) is 0 Å². The van der Waals surface area contributed by atoms with Crippen molar-refractivity contribution < 1.29 is 14.0 Å². The molecule has 3 aromatic rings. The minimum Gasteiger partial charge on any atom is -0.444 e. The average molecular weight is 379 g/mol. The summed E-state index contributed by atoms with van der Waals surface area (Å²) in [6, 6.07) is 11.1. The summed E-state index contributed by atoms with van der Waals surface area (Å²) in [6.45, 7) is 0.0994. The summed E-state index contributed by atoms with van der Waals surface area (Å²) in [4.78, 5) is 32.7. The zero-order chi connectivity index (χ0) is 18.4. The van der Waals surface area contributed by atoms with Gasteiger partial charge < -0.3 is 9.73 Å². The molecular formula is C20H17N3O3S. The molecule has 1 aliphatic heterocycles. The van der Waals surface area contributed by atoms with Crippen LogP contribution in [0.2, 0.25) is 0 Å². The van der Waals surface area contributed by atoms with Crippen LogP contribution in [-0.2, 0) is 23.3 Å². The Morgan fingerprint density at radius 2 is 2.07 bits per heavy atom. The molecular weight excluding hydrogens is 362 g/mol. The maximum Gasteiger partial charge on any atom is 0.325 e. The standard InChI is InChI=1S/C20H17N3O3S/c24-18-20(9-4-7-16-15(20)8-10-27-16)22-19(25)23(18)11-14-12-26-17(21-14)13-5-2-1-3-6-13/h1-3,5-6,8,10,12H,4,7,9,11H2,(H,22,25). The van der Waals surface area contributed by atoms with Gasteiger partial charge in [-0.05, 0) is 42.8 Å². The number of amides is 3. The van der Waals surface area contributed by atoms with E-state index in [9.17, 15) is 9.59 Å².